The molecule has 0 saturated carbocycles. The average molecular weight is 585 g/mol. The number of ketones is 1. The van der Waals surface area contributed by atoms with Crippen LogP contribution in [0, 0.1) is 0 Å². The summed E-state index contributed by atoms with van der Waals surface area (Å²) in [5.41, 5.74) is 5.12. The molecule has 1 fully saturated rings. The van der Waals surface area contributed by atoms with Gasteiger partial charge in [-0.3, -0.25) is 14.5 Å². The third kappa shape index (κ3) is 5.92. The Bertz CT molecular complexity index is 1580. The van der Waals surface area contributed by atoms with Crippen molar-refractivity contribution in [3.8, 4) is 5.75 Å². The number of carbonyl (C=O) groups is 2. The maximum atomic E-state index is 14.1. The highest BCUT2D eigenvalue weighted by atomic mass is 32.2. The zero-order valence-electron chi connectivity index (χ0n) is 23.7. The molecule has 1 amide bonds. The fourth-order valence-electron chi connectivity index (χ4n) is 4.75. The Balaban J connectivity index is 1.57. The van der Waals surface area contributed by atoms with Gasteiger partial charge in [0.05, 0.1) is 35.8 Å². The molecule has 5 rings (SSSR count). The van der Waals surface area contributed by atoms with Crippen molar-refractivity contribution in [2.45, 2.75) is 27.3 Å². The Hall–Kier alpha value is -3.95. The van der Waals surface area contributed by atoms with Gasteiger partial charge >= 0.3 is 0 Å². The maximum Gasteiger partial charge on any atom is 0.269 e. The molecule has 7 nitrogen and oxygen atoms in total. The summed E-state index contributed by atoms with van der Waals surface area (Å²) >= 11 is 2.97. The number of aliphatic imine (C=N–C) groups is 1. The van der Waals surface area contributed by atoms with Gasteiger partial charge in [-0.1, -0.05) is 42.1 Å². The Morgan fingerprint density at radius 1 is 1.02 bits per heavy atom. The molecule has 0 radical (unpaired) electrons. The van der Waals surface area contributed by atoms with Crippen molar-refractivity contribution in [3.05, 3.63) is 104 Å². The number of allylic oxidation sites excluding steroid dienone is 1. The minimum absolute atomic E-state index is 0.0369. The van der Waals surface area contributed by atoms with E-state index >= 15 is 0 Å². The number of amides is 1. The van der Waals surface area contributed by atoms with Gasteiger partial charge in [0.25, 0.3) is 5.91 Å². The van der Waals surface area contributed by atoms with Gasteiger partial charge in [-0.25, -0.2) is 4.99 Å². The number of nitrogens with one attached hydrogen (secondary N) is 1. The molecular formula is C32H32N4O3S2. The molecule has 41 heavy (non-hydrogen) atoms. The molecule has 2 aliphatic rings. The first kappa shape index (κ1) is 28.6. The molecule has 3 aromatic carbocycles. The molecule has 3 aromatic rings. The summed E-state index contributed by atoms with van der Waals surface area (Å²) < 4.78 is 5.33. The molecule has 2 aliphatic heterocycles. The third-order valence-electron chi connectivity index (χ3n) is 6.82. The molecule has 0 spiro atoms. The Morgan fingerprint density at radius 2 is 1.76 bits per heavy atom. The van der Waals surface area contributed by atoms with Crippen LogP contribution < -0.4 is 10.1 Å². The molecule has 0 unspecified atom stereocenters. The van der Waals surface area contributed by atoms with Crippen LogP contribution in [0.3, 0.4) is 0 Å². The van der Waals surface area contributed by atoms with Gasteiger partial charge in [0.1, 0.15) is 10.7 Å². The minimum atomic E-state index is -0.0940. The first-order valence-corrected chi connectivity index (χ1v) is 15.0. The smallest absolute Gasteiger partial charge is 0.269 e. The molecule has 0 atom stereocenters. The van der Waals surface area contributed by atoms with Crippen molar-refractivity contribution in [2.24, 2.45) is 4.99 Å². The number of thioether (sulfide) groups is 2. The van der Waals surface area contributed by atoms with E-state index < -0.39 is 0 Å². The van der Waals surface area contributed by atoms with Crippen LogP contribution in [-0.2, 0) is 11.3 Å². The number of anilines is 1. The summed E-state index contributed by atoms with van der Waals surface area (Å²) in [6.07, 6.45) is 0. The molecule has 2 heterocycles. The highest BCUT2D eigenvalue weighted by Gasteiger charge is 2.39. The first-order valence-electron chi connectivity index (χ1n) is 13.3. The number of nitrogens with zero attached hydrogens (tertiary/aromatic N) is 3. The van der Waals surface area contributed by atoms with E-state index in [0.717, 1.165) is 38.2 Å². The Kier molecular flexibility index (Phi) is 8.56. The van der Waals surface area contributed by atoms with E-state index in [1.807, 2.05) is 74.6 Å². The van der Waals surface area contributed by atoms with E-state index in [0.29, 0.717) is 34.4 Å². The first-order chi connectivity index (χ1) is 19.8. The average Bonchev–Trinajstić information content (AvgIpc) is 3.44. The monoisotopic (exact) mass is 584 g/mol. The second-order valence-corrected chi connectivity index (χ2v) is 11.8. The normalized spacial score (nSPS) is 18.1. The van der Waals surface area contributed by atoms with Crippen LogP contribution in [0.15, 0.2) is 92.6 Å². The number of benzene rings is 3. The van der Waals surface area contributed by atoms with Gasteiger partial charge in [-0.2, -0.15) is 0 Å². The molecule has 1 N–H and O–H groups in total. The predicted octanol–water partition coefficient (Wildman–Crippen LogP) is 7.33. The van der Waals surface area contributed by atoms with E-state index in [9.17, 15) is 9.59 Å². The van der Waals surface area contributed by atoms with E-state index in [4.69, 9.17) is 9.73 Å². The fraction of sp³-hybridized carbons (Fsp3) is 0.219. The zero-order valence-corrected chi connectivity index (χ0v) is 25.4. The van der Waals surface area contributed by atoms with Gasteiger partial charge in [0, 0.05) is 24.1 Å². The third-order valence-corrected chi connectivity index (χ3v) is 9.18. The molecule has 0 aliphatic carbocycles. The minimum Gasteiger partial charge on any atom is -0.497 e. The summed E-state index contributed by atoms with van der Waals surface area (Å²) in [5, 5.41) is 4.78. The lowest BCUT2D eigenvalue weighted by atomic mass is 10.1. The lowest BCUT2D eigenvalue weighted by Gasteiger charge is -2.19. The number of hydrogen-bond acceptors (Lipinski definition) is 8. The largest absolute Gasteiger partial charge is 0.497 e. The summed E-state index contributed by atoms with van der Waals surface area (Å²) in [4.78, 5) is 36.8. The fourth-order valence-corrected chi connectivity index (χ4v) is 7.06. The van der Waals surface area contributed by atoms with Gasteiger partial charge in [0.2, 0.25) is 0 Å². The van der Waals surface area contributed by atoms with Gasteiger partial charge in [-0.05, 0) is 86.1 Å². The van der Waals surface area contributed by atoms with E-state index in [1.165, 1.54) is 11.8 Å². The number of rotatable bonds is 8. The molecule has 9 heteroatoms. The maximum absolute atomic E-state index is 14.1. The molecule has 0 bridgehead atoms. The summed E-state index contributed by atoms with van der Waals surface area (Å²) in [6.45, 7) is 6.71. The lowest BCUT2D eigenvalue weighted by Crippen LogP contribution is -2.29. The van der Waals surface area contributed by atoms with Gasteiger partial charge in [0.15, 0.2) is 11.0 Å². The SMILES string of the molecule is CCNc1ccc(C(C)=O)cc1N=C1S/C(=C2\SC(C)=C(c3ccc(OC)cc3)N2C)C(=O)N1Cc1ccccc1. The van der Waals surface area contributed by atoms with Crippen molar-refractivity contribution in [1.82, 2.24) is 9.80 Å². The molecule has 210 valence electrons. The van der Waals surface area contributed by atoms with Crippen LogP contribution in [-0.4, -0.2) is 47.4 Å². The van der Waals surface area contributed by atoms with Crippen molar-refractivity contribution >= 4 is 57.5 Å². The van der Waals surface area contributed by atoms with Crippen molar-refractivity contribution in [1.29, 1.82) is 0 Å². The quantitative estimate of drug-likeness (QED) is 0.220. The number of amidine groups is 1. The summed E-state index contributed by atoms with van der Waals surface area (Å²) in [7, 11) is 3.65. The van der Waals surface area contributed by atoms with Crippen molar-refractivity contribution in [2.75, 3.05) is 26.0 Å². The predicted molar refractivity (Wildman–Crippen MR) is 170 cm³/mol. The van der Waals surface area contributed by atoms with Crippen LogP contribution in [0.4, 0.5) is 11.4 Å². The van der Waals surface area contributed by atoms with Crippen LogP contribution in [0.5, 0.6) is 5.75 Å². The van der Waals surface area contributed by atoms with Gasteiger partial charge in [-0.15, -0.1) is 0 Å². The number of carbonyl (C=O) groups excluding carboxylic acids is 2. The van der Waals surface area contributed by atoms with E-state index in [-0.39, 0.29) is 11.7 Å². The molecule has 0 aromatic heterocycles. The Labute approximate surface area is 249 Å². The van der Waals surface area contributed by atoms with Crippen molar-refractivity contribution < 1.29 is 14.3 Å². The zero-order chi connectivity index (χ0) is 29.1. The molecular weight excluding hydrogens is 553 g/mol. The van der Waals surface area contributed by atoms with E-state index in [1.54, 1.807) is 42.8 Å². The second kappa shape index (κ2) is 12.3. The molecule has 1 saturated heterocycles. The standard InChI is InChI=1S/C32H32N4O3S2/c1-6-33-26-17-14-24(20(2)37)18-27(26)34-32-36(19-22-10-8-7-9-11-22)30(38)29(41-32)31-35(4)28(21(3)40-31)23-12-15-25(39-5)16-13-23/h7-18,33H,6,19H2,1-5H3/b31-29-,34-32?. The van der Waals surface area contributed by atoms with Crippen molar-refractivity contribution in [3.63, 3.8) is 0 Å². The highest BCUT2D eigenvalue weighted by Crippen LogP contribution is 2.50. The van der Waals surface area contributed by atoms with Crippen LogP contribution >= 0.6 is 23.5 Å². The second-order valence-electron chi connectivity index (χ2n) is 9.62. The summed E-state index contributed by atoms with van der Waals surface area (Å²) in [5.74, 6) is 0.664. The summed E-state index contributed by atoms with van der Waals surface area (Å²) in [6, 6.07) is 23.3. The Morgan fingerprint density at radius 3 is 2.41 bits per heavy atom. The number of Topliss-reactive ketones (excluding diaryl/α,β-unsaturated/α-hetero) is 1. The number of ether oxygens (including phenoxy) is 1. The van der Waals surface area contributed by atoms with E-state index in [2.05, 4.69) is 17.1 Å². The van der Waals surface area contributed by atoms with Crippen LogP contribution in [0.1, 0.15) is 42.3 Å². The number of methoxy groups -OCH3 is 1. The van der Waals surface area contributed by atoms with Crippen LogP contribution in [0.25, 0.3) is 5.70 Å². The van der Waals surface area contributed by atoms with Crippen LogP contribution in [0.2, 0.25) is 0 Å². The number of hydrogen-bond donors (Lipinski definition) is 1. The van der Waals surface area contributed by atoms with Gasteiger partial charge < -0.3 is 15.0 Å². The lowest BCUT2D eigenvalue weighted by molar-refractivity contribution is -0.122. The highest BCUT2D eigenvalue weighted by molar-refractivity contribution is 8.19. The topological polar surface area (TPSA) is 74.2 Å².